The van der Waals surface area contributed by atoms with E-state index in [1.54, 1.807) is 12.2 Å². The van der Waals surface area contributed by atoms with Gasteiger partial charge in [0.15, 0.2) is 0 Å². The largest absolute Gasteiger partial charge is 0.310 e. The molecule has 0 radical (unpaired) electrons. The third-order valence-corrected chi connectivity index (χ3v) is 3.06. The molecule has 0 spiro atoms. The number of rotatable bonds is 8. The highest BCUT2D eigenvalue weighted by molar-refractivity contribution is 5.26. The van der Waals surface area contributed by atoms with Gasteiger partial charge in [-0.2, -0.15) is 0 Å². The Kier molecular flexibility index (Phi) is 6.83. The summed E-state index contributed by atoms with van der Waals surface area (Å²) in [5, 5.41) is 3.29. The molecule has 0 saturated heterocycles. The summed E-state index contributed by atoms with van der Waals surface area (Å²) < 4.78 is 13.9. The first-order valence-corrected chi connectivity index (χ1v) is 6.56. The molecule has 1 aromatic rings. The first-order valence-electron chi connectivity index (χ1n) is 6.56. The maximum absolute atomic E-state index is 13.9. The summed E-state index contributed by atoms with van der Waals surface area (Å²) in [5.74, 6) is 0. The summed E-state index contributed by atoms with van der Waals surface area (Å²) in [5.41, 5.74) is 1.80. The Morgan fingerprint density at radius 3 is 2.58 bits per heavy atom. The highest BCUT2D eigenvalue weighted by atomic mass is 19.1. The zero-order valence-corrected chi connectivity index (χ0v) is 11.5. The smallest absolute Gasteiger partial charge is 0.126 e. The predicted octanol–water partition coefficient (Wildman–Crippen LogP) is 4.36. The van der Waals surface area contributed by atoms with E-state index in [-0.39, 0.29) is 6.04 Å². The molecule has 0 aliphatic carbocycles. The van der Waals surface area contributed by atoms with Gasteiger partial charge in [-0.15, -0.1) is 0 Å². The Bertz CT molecular complexity index is 422. The van der Waals surface area contributed by atoms with Gasteiger partial charge in [0.1, 0.15) is 6.17 Å². The number of hydrogen-bond donors (Lipinski definition) is 1. The van der Waals surface area contributed by atoms with Crippen molar-refractivity contribution in [1.82, 2.24) is 5.32 Å². The molecule has 0 saturated carbocycles. The minimum atomic E-state index is -0.920. The second-order valence-corrected chi connectivity index (χ2v) is 4.45. The number of alkyl halides is 1. The van der Waals surface area contributed by atoms with Crippen LogP contribution in [0, 0.1) is 0 Å². The van der Waals surface area contributed by atoms with Gasteiger partial charge in [-0.25, -0.2) is 4.39 Å². The van der Waals surface area contributed by atoms with E-state index in [0.717, 1.165) is 11.1 Å². The molecule has 0 aromatic heterocycles. The van der Waals surface area contributed by atoms with Gasteiger partial charge in [0.25, 0.3) is 0 Å². The molecule has 1 N–H and O–H groups in total. The van der Waals surface area contributed by atoms with Crippen LogP contribution in [0.4, 0.5) is 4.39 Å². The van der Waals surface area contributed by atoms with Crippen LogP contribution >= 0.6 is 0 Å². The number of benzene rings is 1. The molecule has 102 valence electrons. The van der Waals surface area contributed by atoms with E-state index >= 15 is 0 Å². The lowest BCUT2D eigenvalue weighted by Crippen LogP contribution is -2.28. The average Bonchev–Trinajstić information content (AvgIpc) is 2.45. The van der Waals surface area contributed by atoms with Crippen molar-refractivity contribution in [3.8, 4) is 0 Å². The molecular weight excluding hydrogens is 237 g/mol. The molecule has 2 unspecified atom stereocenters. The maximum Gasteiger partial charge on any atom is 0.126 e. The quantitative estimate of drug-likeness (QED) is 0.684. The van der Waals surface area contributed by atoms with E-state index in [0.29, 0.717) is 13.0 Å². The standard InChI is InChI=1S/C17H22FN/c1-4-9-15(5-2)14(3)19-13-12-17(18)16-10-7-6-8-11-16/h4-11,14,17,19H,1-2,12-13H2,3H3/b15-9+. The number of allylic oxidation sites excluding steroid dienone is 2. The van der Waals surface area contributed by atoms with Crippen molar-refractivity contribution in [1.29, 1.82) is 0 Å². The van der Waals surface area contributed by atoms with Crippen LogP contribution in [0.3, 0.4) is 0 Å². The molecule has 0 aliphatic heterocycles. The van der Waals surface area contributed by atoms with E-state index in [2.05, 4.69) is 18.5 Å². The zero-order chi connectivity index (χ0) is 14.1. The molecule has 0 fully saturated rings. The molecule has 0 amide bonds. The Balaban J connectivity index is 2.40. The van der Waals surface area contributed by atoms with Crippen LogP contribution in [0.5, 0.6) is 0 Å². The van der Waals surface area contributed by atoms with E-state index in [4.69, 9.17) is 0 Å². The summed E-state index contributed by atoms with van der Waals surface area (Å²) >= 11 is 0. The van der Waals surface area contributed by atoms with Gasteiger partial charge >= 0.3 is 0 Å². The molecule has 2 atom stereocenters. The molecule has 0 bridgehead atoms. The van der Waals surface area contributed by atoms with Crippen molar-refractivity contribution in [2.75, 3.05) is 6.54 Å². The molecule has 2 heteroatoms. The van der Waals surface area contributed by atoms with E-state index < -0.39 is 6.17 Å². The summed E-state index contributed by atoms with van der Waals surface area (Å²) in [6.45, 7) is 10.1. The Hall–Kier alpha value is -1.67. The second-order valence-electron chi connectivity index (χ2n) is 4.45. The first kappa shape index (κ1) is 15.4. The van der Waals surface area contributed by atoms with E-state index in [1.165, 1.54) is 0 Å². The second kappa shape index (κ2) is 8.44. The Labute approximate surface area is 115 Å². The van der Waals surface area contributed by atoms with Gasteiger partial charge in [-0.1, -0.05) is 61.7 Å². The minimum absolute atomic E-state index is 0.151. The summed E-state index contributed by atoms with van der Waals surface area (Å²) in [6, 6.07) is 9.41. The third-order valence-electron chi connectivity index (χ3n) is 3.06. The summed E-state index contributed by atoms with van der Waals surface area (Å²) in [6.07, 6.45) is 4.99. The number of nitrogens with one attached hydrogen (secondary N) is 1. The predicted molar refractivity (Wildman–Crippen MR) is 80.8 cm³/mol. The number of halogens is 1. The Morgan fingerprint density at radius 1 is 1.32 bits per heavy atom. The maximum atomic E-state index is 13.9. The van der Waals surface area contributed by atoms with Gasteiger partial charge < -0.3 is 5.32 Å². The van der Waals surface area contributed by atoms with Crippen LogP contribution in [0.15, 0.2) is 67.3 Å². The molecule has 1 aromatic carbocycles. The van der Waals surface area contributed by atoms with Gasteiger partial charge in [0, 0.05) is 6.04 Å². The van der Waals surface area contributed by atoms with Crippen molar-refractivity contribution in [3.05, 3.63) is 72.9 Å². The van der Waals surface area contributed by atoms with Crippen LogP contribution < -0.4 is 5.32 Å². The lowest BCUT2D eigenvalue weighted by Gasteiger charge is -2.16. The molecule has 1 rings (SSSR count). The minimum Gasteiger partial charge on any atom is -0.310 e. The SMILES string of the molecule is C=C/C=C(\C=C)C(C)NCCC(F)c1ccccc1. The zero-order valence-electron chi connectivity index (χ0n) is 11.5. The van der Waals surface area contributed by atoms with Crippen molar-refractivity contribution in [2.45, 2.75) is 25.6 Å². The van der Waals surface area contributed by atoms with Crippen LogP contribution in [0.25, 0.3) is 0 Å². The van der Waals surface area contributed by atoms with E-state index in [1.807, 2.05) is 43.3 Å². The Morgan fingerprint density at radius 2 is 2.00 bits per heavy atom. The van der Waals surface area contributed by atoms with Crippen molar-refractivity contribution in [2.24, 2.45) is 0 Å². The van der Waals surface area contributed by atoms with Gasteiger partial charge in [0.2, 0.25) is 0 Å². The van der Waals surface area contributed by atoms with Crippen molar-refractivity contribution < 1.29 is 4.39 Å². The molecule has 1 nitrogen and oxygen atoms in total. The monoisotopic (exact) mass is 259 g/mol. The van der Waals surface area contributed by atoms with Crippen molar-refractivity contribution >= 4 is 0 Å². The topological polar surface area (TPSA) is 12.0 Å². The van der Waals surface area contributed by atoms with Crippen LogP contribution in [0.2, 0.25) is 0 Å². The fourth-order valence-corrected chi connectivity index (χ4v) is 1.90. The average molecular weight is 259 g/mol. The third kappa shape index (κ3) is 5.23. The normalized spacial score (nSPS) is 14.7. The molecular formula is C17H22FN. The van der Waals surface area contributed by atoms with Crippen LogP contribution in [-0.4, -0.2) is 12.6 Å². The highest BCUT2D eigenvalue weighted by Crippen LogP contribution is 2.20. The fourth-order valence-electron chi connectivity index (χ4n) is 1.90. The lowest BCUT2D eigenvalue weighted by molar-refractivity contribution is 0.316. The number of hydrogen-bond acceptors (Lipinski definition) is 1. The fraction of sp³-hybridized carbons (Fsp3) is 0.294. The molecule has 19 heavy (non-hydrogen) atoms. The van der Waals surface area contributed by atoms with Crippen LogP contribution in [-0.2, 0) is 0 Å². The summed E-state index contributed by atoms with van der Waals surface area (Å²) in [7, 11) is 0. The van der Waals surface area contributed by atoms with E-state index in [9.17, 15) is 4.39 Å². The lowest BCUT2D eigenvalue weighted by atomic mass is 10.1. The highest BCUT2D eigenvalue weighted by Gasteiger charge is 2.10. The molecule has 0 heterocycles. The van der Waals surface area contributed by atoms with Crippen LogP contribution in [0.1, 0.15) is 25.1 Å². The molecule has 0 aliphatic rings. The van der Waals surface area contributed by atoms with Gasteiger partial charge in [0.05, 0.1) is 0 Å². The first-order chi connectivity index (χ1) is 9.19. The summed E-state index contributed by atoms with van der Waals surface area (Å²) in [4.78, 5) is 0. The van der Waals surface area contributed by atoms with Gasteiger partial charge in [-0.3, -0.25) is 0 Å². The van der Waals surface area contributed by atoms with Gasteiger partial charge in [-0.05, 0) is 31.0 Å². The van der Waals surface area contributed by atoms with Crippen molar-refractivity contribution in [3.63, 3.8) is 0 Å².